The summed E-state index contributed by atoms with van der Waals surface area (Å²) >= 11 is 0. The van der Waals surface area contributed by atoms with Crippen molar-refractivity contribution in [2.45, 2.75) is 19.8 Å². The van der Waals surface area contributed by atoms with Gasteiger partial charge in [0, 0.05) is 23.7 Å². The van der Waals surface area contributed by atoms with Crippen LogP contribution >= 0.6 is 0 Å². The first-order chi connectivity index (χ1) is 10.1. The number of aromatic nitrogens is 2. The van der Waals surface area contributed by atoms with Crippen LogP contribution in [0.3, 0.4) is 0 Å². The zero-order valence-electron chi connectivity index (χ0n) is 12.1. The highest BCUT2D eigenvalue weighted by Crippen LogP contribution is 2.33. The van der Waals surface area contributed by atoms with Gasteiger partial charge in [-0.3, -0.25) is 0 Å². The molecule has 1 aliphatic heterocycles. The van der Waals surface area contributed by atoms with Crippen LogP contribution in [0.1, 0.15) is 25.6 Å². The van der Waals surface area contributed by atoms with Crippen molar-refractivity contribution in [2.75, 3.05) is 24.3 Å². The molecule has 3 N–H and O–H groups in total. The van der Waals surface area contributed by atoms with E-state index in [1.807, 2.05) is 32.0 Å². The number of hydrogen-bond donors (Lipinski definition) is 2. The van der Waals surface area contributed by atoms with Crippen LogP contribution in [-0.4, -0.2) is 23.2 Å². The Kier molecular flexibility index (Phi) is 3.51. The smallest absolute Gasteiger partial charge is 0.163 e. The number of anilines is 3. The lowest BCUT2D eigenvalue weighted by Gasteiger charge is -2.19. The minimum atomic E-state index is 0.217. The van der Waals surface area contributed by atoms with Crippen LogP contribution in [0.4, 0.5) is 17.3 Å². The van der Waals surface area contributed by atoms with Crippen LogP contribution in [0, 0.1) is 0 Å². The highest BCUT2D eigenvalue weighted by Gasteiger charge is 2.12. The topological polar surface area (TPSA) is 82.3 Å². The standard InChI is InChI=1S/C15H18N4O2/c1-9(2)15-18-13(16)8-14(19-15)17-10-3-4-11-12(7-10)21-6-5-20-11/h3-4,7-9H,5-6H2,1-2H3,(H3,16,17,18,19). The van der Waals surface area contributed by atoms with Crippen molar-refractivity contribution in [2.24, 2.45) is 0 Å². The second-order valence-electron chi connectivity index (χ2n) is 5.17. The second kappa shape index (κ2) is 5.47. The number of nitrogens with zero attached hydrogens (tertiary/aromatic N) is 2. The summed E-state index contributed by atoms with van der Waals surface area (Å²) in [7, 11) is 0. The molecule has 0 saturated carbocycles. The summed E-state index contributed by atoms with van der Waals surface area (Å²) < 4.78 is 11.1. The van der Waals surface area contributed by atoms with Gasteiger partial charge in [0.15, 0.2) is 11.5 Å². The summed E-state index contributed by atoms with van der Waals surface area (Å²) in [5, 5.41) is 3.22. The fourth-order valence-electron chi connectivity index (χ4n) is 2.08. The highest BCUT2D eigenvalue weighted by molar-refractivity contribution is 5.63. The molecule has 0 atom stereocenters. The zero-order valence-corrected chi connectivity index (χ0v) is 12.1. The van der Waals surface area contributed by atoms with E-state index in [1.165, 1.54) is 0 Å². The van der Waals surface area contributed by atoms with Gasteiger partial charge in [-0.2, -0.15) is 0 Å². The molecule has 1 aromatic carbocycles. The number of nitrogens with two attached hydrogens (primary N) is 1. The third-order valence-electron chi connectivity index (χ3n) is 3.09. The Hall–Kier alpha value is -2.50. The molecule has 0 spiro atoms. The van der Waals surface area contributed by atoms with Crippen molar-refractivity contribution in [3.63, 3.8) is 0 Å². The number of ether oxygens (including phenoxy) is 2. The molecule has 0 radical (unpaired) electrons. The molecule has 1 aliphatic rings. The number of fused-ring (bicyclic) bond motifs is 1. The molecule has 0 saturated heterocycles. The number of rotatable bonds is 3. The van der Waals surface area contributed by atoms with Gasteiger partial charge in [0.05, 0.1) is 0 Å². The van der Waals surface area contributed by atoms with Gasteiger partial charge in [0.2, 0.25) is 0 Å². The monoisotopic (exact) mass is 286 g/mol. The van der Waals surface area contributed by atoms with E-state index in [0.717, 1.165) is 23.0 Å². The lowest BCUT2D eigenvalue weighted by molar-refractivity contribution is 0.171. The molecular weight excluding hydrogens is 268 g/mol. The van der Waals surface area contributed by atoms with E-state index in [0.29, 0.717) is 24.8 Å². The first-order valence-electron chi connectivity index (χ1n) is 6.93. The fourth-order valence-corrected chi connectivity index (χ4v) is 2.08. The van der Waals surface area contributed by atoms with E-state index in [-0.39, 0.29) is 5.92 Å². The summed E-state index contributed by atoms with van der Waals surface area (Å²) in [5.74, 6) is 3.55. The van der Waals surface area contributed by atoms with E-state index in [4.69, 9.17) is 15.2 Å². The van der Waals surface area contributed by atoms with Crippen molar-refractivity contribution in [1.29, 1.82) is 0 Å². The van der Waals surface area contributed by atoms with Gasteiger partial charge in [-0.25, -0.2) is 9.97 Å². The predicted molar refractivity (Wildman–Crippen MR) is 81.2 cm³/mol. The van der Waals surface area contributed by atoms with Crippen LogP contribution in [0.5, 0.6) is 11.5 Å². The Morgan fingerprint density at radius 3 is 2.62 bits per heavy atom. The maximum absolute atomic E-state index is 5.83. The maximum Gasteiger partial charge on any atom is 0.163 e. The molecule has 110 valence electrons. The quantitative estimate of drug-likeness (QED) is 0.902. The van der Waals surface area contributed by atoms with Crippen LogP contribution in [0.15, 0.2) is 24.3 Å². The molecule has 2 heterocycles. The van der Waals surface area contributed by atoms with Crippen LogP contribution in [0.2, 0.25) is 0 Å². The fraction of sp³-hybridized carbons (Fsp3) is 0.333. The van der Waals surface area contributed by atoms with E-state index in [2.05, 4.69) is 15.3 Å². The molecule has 0 fully saturated rings. The Bertz CT molecular complexity index is 658. The van der Waals surface area contributed by atoms with Crippen molar-refractivity contribution < 1.29 is 9.47 Å². The molecule has 0 aliphatic carbocycles. The lowest BCUT2D eigenvalue weighted by Crippen LogP contribution is -2.15. The van der Waals surface area contributed by atoms with E-state index in [1.54, 1.807) is 6.07 Å². The van der Waals surface area contributed by atoms with Crippen LogP contribution in [0.25, 0.3) is 0 Å². The molecule has 6 nitrogen and oxygen atoms in total. The second-order valence-corrected chi connectivity index (χ2v) is 5.17. The van der Waals surface area contributed by atoms with Crippen LogP contribution in [-0.2, 0) is 0 Å². The summed E-state index contributed by atoms with van der Waals surface area (Å²) in [6.45, 7) is 5.21. The van der Waals surface area contributed by atoms with Gasteiger partial charge in [-0.15, -0.1) is 0 Å². The lowest BCUT2D eigenvalue weighted by atomic mass is 10.2. The van der Waals surface area contributed by atoms with Gasteiger partial charge in [-0.05, 0) is 12.1 Å². The van der Waals surface area contributed by atoms with Gasteiger partial charge >= 0.3 is 0 Å². The summed E-state index contributed by atoms with van der Waals surface area (Å²) in [6, 6.07) is 7.40. The SMILES string of the molecule is CC(C)c1nc(N)cc(Nc2ccc3c(c2)OCCO3)n1. The van der Waals surface area contributed by atoms with Gasteiger partial charge < -0.3 is 20.5 Å². The average Bonchev–Trinajstić information content (AvgIpc) is 2.46. The Morgan fingerprint density at radius 2 is 1.86 bits per heavy atom. The first kappa shape index (κ1) is 13.5. The Balaban J connectivity index is 1.86. The molecule has 1 aromatic heterocycles. The molecule has 0 bridgehead atoms. The number of benzene rings is 1. The normalized spacial score (nSPS) is 13.3. The van der Waals surface area contributed by atoms with Crippen LogP contribution < -0.4 is 20.5 Å². The molecule has 3 rings (SSSR count). The predicted octanol–water partition coefficient (Wildman–Crippen LogP) is 2.70. The van der Waals surface area contributed by atoms with Gasteiger partial charge in [-0.1, -0.05) is 13.8 Å². The maximum atomic E-state index is 5.83. The summed E-state index contributed by atoms with van der Waals surface area (Å²) in [4.78, 5) is 8.69. The molecule has 21 heavy (non-hydrogen) atoms. The third-order valence-corrected chi connectivity index (χ3v) is 3.09. The van der Waals surface area contributed by atoms with Gasteiger partial charge in [0.25, 0.3) is 0 Å². The van der Waals surface area contributed by atoms with Crippen molar-refractivity contribution in [3.8, 4) is 11.5 Å². The van der Waals surface area contributed by atoms with E-state index >= 15 is 0 Å². The Morgan fingerprint density at radius 1 is 1.10 bits per heavy atom. The molecule has 0 amide bonds. The summed E-state index contributed by atoms with van der Waals surface area (Å²) in [6.07, 6.45) is 0. The Labute approximate surface area is 123 Å². The number of hydrogen-bond acceptors (Lipinski definition) is 6. The van der Waals surface area contributed by atoms with E-state index < -0.39 is 0 Å². The first-order valence-corrected chi connectivity index (χ1v) is 6.93. The summed E-state index contributed by atoms with van der Waals surface area (Å²) in [5.41, 5.74) is 6.69. The van der Waals surface area contributed by atoms with E-state index in [9.17, 15) is 0 Å². The molecule has 0 unspecified atom stereocenters. The number of nitrogens with one attached hydrogen (secondary N) is 1. The highest BCUT2D eigenvalue weighted by atomic mass is 16.6. The van der Waals surface area contributed by atoms with Crippen molar-refractivity contribution >= 4 is 17.3 Å². The largest absolute Gasteiger partial charge is 0.486 e. The molecule has 6 heteroatoms. The molecule has 2 aromatic rings. The minimum absolute atomic E-state index is 0.217. The average molecular weight is 286 g/mol. The van der Waals surface area contributed by atoms with Crippen molar-refractivity contribution in [3.05, 3.63) is 30.1 Å². The number of nitrogen functional groups attached to an aromatic ring is 1. The van der Waals surface area contributed by atoms with Gasteiger partial charge in [0.1, 0.15) is 30.7 Å². The molecular formula is C15H18N4O2. The van der Waals surface area contributed by atoms with Crippen molar-refractivity contribution in [1.82, 2.24) is 9.97 Å². The third kappa shape index (κ3) is 2.99. The minimum Gasteiger partial charge on any atom is -0.486 e. The zero-order chi connectivity index (χ0) is 14.8.